The van der Waals surface area contributed by atoms with Crippen molar-refractivity contribution in [3.8, 4) is 0 Å². The molecule has 1 atom stereocenters. The Hall–Kier alpha value is -1.85. The number of unbranched alkanes of at least 4 members (excludes halogenated alkanes) is 33. The molecular weight excluding hydrogens is 709 g/mol. The fraction of sp³-hybridized carbons (Fsp3) is 0.902. The van der Waals surface area contributed by atoms with Crippen molar-refractivity contribution in [2.45, 2.75) is 284 Å². The fourth-order valence-electron chi connectivity index (χ4n) is 7.44. The number of hydrogen-bond donors (Lipinski definition) is 0. The molecule has 6 heteroatoms. The third kappa shape index (κ3) is 45.1. The second-order valence-electron chi connectivity index (χ2n) is 17.1. The van der Waals surface area contributed by atoms with Crippen LogP contribution in [0.25, 0.3) is 0 Å². The first-order valence-electron chi connectivity index (χ1n) is 25.2. The summed E-state index contributed by atoms with van der Waals surface area (Å²) in [5, 5.41) is 0. The van der Waals surface area contributed by atoms with E-state index in [9.17, 15) is 14.4 Å². The molecule has 1 unspecified atom stereocenters. The molecule has 0 aliphatic carbocycles. The molecule has 0 fully saturated rings. The van der Waals surface area contributed by atoms with Gasteiger partial charge in [0.2, 0.25) is 0 Å². The molecular formula is C51H96O6. The lowest BCUT2D eigenvalue weighted by Gasteiger charge is -2.18. The maximum absolute atomic E-state index is 12.8. The van der Waals surface area contributed by atoms with Gasteiger partial charge in [-0.25, -0.2) is 0 Å². The molecule has 6 nitrogen and oxygen atoms in total. The number of allylic oxidation sites excluding steroid dienone is 2. The predicted molar refractivity (Wildman–Crippen MR) is 243 cm³/mol. The van der Waals surface area contributed by atoms with E-state index in [1.54, 1.807) is 0 Å². The molecule has 0 aliphatic rings. The summed E-state index contributed by atoms with van der Waals surface area (Å²) in [5.41, 5.74) is 0. The third-order valence-corrected chi connectivity index (χ3v) is 11.3. The van der Waals surface area contributed by atoms with Gasteiger partial charge < -0.3 is 14.2 Å². The zero-order valence-corrected chi connectivity index (χ0v) is 38.4. The van der Waals surface area contributed by atoms with Gasteiger partial charge in [0.25, 0.3) is 0 Å². The summed E-state index contributed by atoms with van der Waals surface area (Å²) in [4.78, 5) is 37.8. The highest BCUT2D eigenvalue weighted by atomic mass is 16.6. The molecule has 0 amide bonds. The number of carbonyl (C=O) groups excluding carboxylic acids is 3. The maximum Gasteiger partial charge on any atom is 0.306 e. The molecule has 0 aliphatic heterocycles. The Kier molecular flexibility index (Phi) is 45.3. The Balaban J connectivity index is 4.29. The average molecular weight is 805 g/mol. The van der Waals surface area contributed by atoms with E-state index in [4.69, 9.17) is 14.2 Å². The van der Waals surface area contributed by atoms with Crippen LogP contribution in [0.4, 0.5) is 0 Å². The molecule has 0 saturated carbocycles. The van der Waals surface area contributed by atoms with Gasteiger partial charge in [-0.15, -0.1) is 0 Å². The maximum atomic E-state index is 12.8. The summed E-state index contributed by atoms with van der Waals surface area (Å²) in [6.07, 6.45) is 50.5. The van der Waals surface area contributed by atoms with Crippen LogP contribution in [0, 0.1) is 0 Å². The Bertz CT molecular complexity index is 885. The van der Waals surface area contributed by atoms with E-state index in [0.29, 0.717) is 19.3 Å². The minimum absolute atomic E-state index is 0.0666. The largest absolute Gasteiger partial charge is 0.462 e. The van der Waals surface area contributed by atoms with Crippen LogP contribution in [0.1, 0.15) is 278 Å². The van der Waals surface area contributed by atoms with Crippen molar-refractivity contribution in [1.82, 2.24) is 0 Å². The van der Waals surface area contributed by atoms with Crippen LogP contribution >= 0.6 is 0 Å². The minimum Gasteiger partial charge on any atom is -0.462 e. The zero-order chi connectivity index (χ0) is 41.5. The Morgan fingerprint density at radius 1 is 0.333 bits per heavy atom. The molecule has 336 valence electrons. The Labute approximate surface area is 354 Å². The molecule has 0 radical (unpaired) electrons. The smallest absolute Gasteiger partial charge is 0.306 e. The quantitative estimate of drug-likeness (QED) is 0.0264. The van der Waals surface area contributed by atoms with E-state index in [1.165, 1.54) is 180 Å². The van der Waals surface area contributed by atoms with Crippen LogP contribution in [0.2, 0.25) is 0 Å². The van der Waals surface area contributed by atoms with Crippen molar-refractivity contribution < 1.29 is 28.6 Å². The highest BCUT2D eigenvalue weighted by Gasteiger charge is 2.19. The van der Waals surface area contributed by atoms with E-state index < -0.39 is 6.10 Å². The fourth-order valence-corrected chi connectivity index (χ4v) is 7.44. The average Bonchev–Trinajstić information content (AvgIpc) is 3.21. The Morgan fingerprint density at radius 2 is 0.579 bits per heavy atom. The van der Waals surface area contributed by atoms with Gasteiger partial charge in [0, 0.05) is 19.3 Å². The topological polar surface area (TPSA) is 78.9 Å². The lowest BCUT2D eigenvalue weighted by atomic mass is 10.0. The second kappa shape index (κ2) is 46.8. The molecule has 0 N–H and O–H groups in total. The first kappa shape index (κ1) is 55.2. The van der Waals surface area contributed by atoms with Crippen LogP contribution in [-0.2, 0) is 28.6 Å². The predicted octanol–water partition coefficient (Wildman–Crippen LogP) is 16.2. The summed E-state index contributed by atoms with van der Waals surface area (Å²) in [7, 11) is 0. The zero-order valence-electron chi connectivity index (χ0n) is 38.4. The van der Waals surface area contributed by atoms with Gasteiger partial charge >= 0.3 is 17.9 Å². The lowest BCUT2D eigenvalue weighted by molar-refractivity contribution is -0.167. The minimum atomic E-state index is -0.763. The number of ether oxygens (including phenoxy) is 3. The summed E-state index contributed by atoms with van der Waals surface area (Å²) < 4.78 is 16.8. The van der Waals surface area contributed by atoms with E-state index in [2.05, 4.69) is 32.9 Å². The highest BCUT2D eigenvalue weighted by Crippen LogP contribution is 2.16. The Morgan fingerprint density at radius 3 is 0.895 bits per heavy atom. The van der Waals surface area contributed by atoms with E-state index >= 15 is 0 Å². The monoisotopic (exact) mass is 805 g/mol. The van der Waals surface area contributed by atoms with Gasteiger partial charge in [-0.1, -0.05) is 226 Å². The second-order valence-corrected chi connectivity index (χ2v) is 17.1. The molecule has 0 saturated heterocycles. The van der Waals surface area contributed by atoms with Gasteiger partial charge in [0.05, 0.1) is 0 Å². The molecule has 0 heterocycles. The van der Waals surface area contributed by atoms with Crippen LogP contribution in [0.5, 0.6) is 0 Å². The SMILES string of the molecule is CCCCCC/C=C\CCCCCCCCCC(=O)OCC(COC(=O)CCCCCCCCCCC)OC(=O)CCCCCCCCCCCCCCCCC. The van der Waals surface area contributed by atoms with E-state index in [1.807, 2.05) is 0 Å². The normalized spacial score (nSPS) is 12.0. The first-order valence-corrected chi connectivity index (χ1v) is 25.2. The van der Waals surface area contributed by atoms with E-state index in [0.717, 1.165) is 57.8 Å². The van der Waals surface area contributed by atoms with Crippen LogP contribution < -0.4 is 0 Å². The molecule has 0 bridgehead atoms. The molecule has 0 rings (SSSR count). The van der Waals surface area contributed by atoms with Gasteiger partial charge in [-0.3, -0.25) is 14.4 Å². The third-order valence-electron chi connectivity index (χ3n) is 11.3. The standard InChI is InChI=1S/C51H96O6/c1-4-7-10-13-16-19-21-23-25-27-29-32-35-38-41-44-50(53)56-47-48(46-55-49(52)43-40-37-34-31-18-15-12-9-6-3)57-51(54)45-42-39-36-33-30-28-26-24-22-20-17-14-11-8-5-2/h19,21,48H,4-18,20,22-47H2,1-3H3/b21-19-. The van der Waals surface area contributed by atoms with Gasteiger partial charge in [0.15, 0.2) is 6.10 Å². The summed E-state index contributed by atoms with van der Waals surface area (Å²) >= 11 is 0. The van der Waals surface area contributed by atoms with Crippen molar-refractivity contribution in [1.29, 1.82) is 0 Å². The number of carbonyl (C=O) groups is 3. The summed E-state index contributed by atoms with van der Waals surface area (Å²) in [5.74, 6) is -0.859. The van der Waals surface area contributed by atoms with Gasteiger partial charge in [-0.2, -0.15) is 0 Å². The van der Waals surface area contributed by atoms with Crippen LogP contribution in [-0.4, -0.2) is 37.2 Å². The molecule has 0 aromatic rings. The molecule has 0 aromatic heterocycles. The highest BCUT2D eigenvalue weighted by molar-refractivity contribution is 5.71. The van der Waals surface area contributed by atoms with Gasteiger partial charge in [-0.05, 0) is 44.9 Å². The summed E-state index contributed by atoms with van der Waals surface area (Å²) in [6.45, 7) is 6.63. The van der Waals surface area contributed by atoms with Crippen LogP contribution in [0.15, 0.2) is 12.2 Å². The van der Waals surface area contributed by atoms with Crippen molar-refractivity contribution in [2.75, 3.05) is 13.2 Å². The van der Waals surface area contributed by atoms with Crippen molar-refractivity contribution in [3.63, 3.8) is 0 Å². The van der Waals surface area contributed by atoms with Crippen molar-refractivity contribution in [3.05, 3.63) is 12.2 Å². The number of esters is 3. The molecule has 0 aromatic carbocycles. The molecule has 0 spiro atoms. The summed E-state index contributed by atoms with van der Waals surface area (Å²) in [6, 6.07) is 0. The van der Waals surface area contributed by atoms with E-state index in [-0.39, 0.29) is 31.1 Å². The van der Waals surface area contributed by atoms with Crippen molar-refractivity contribution >= 4 is 17.9 Å². The lowest BCUT2D eigenvalue weighted by Crippen LogP contribution is -2.30. The number of rotatable bonds is 46. The van der Waals surface area contributed by atoms with Crippen molar-refractivity contribution in [2.24, 2.45) is 0 Å². The van der Waals surface area contributed by atoms with Gasteiger partial charge in [0.1, 0.15) is 13.2 Å². The molecule has 57 heavy (non-hydrogen) atoms. The van der Waals surface area contributed by atoms with Crippen LogP contribution in [0.3, 0.4) is 0 Å². The number of hydrogen-bond acceptors (Lipinski definition) is 6. The first-order chi connectivity index (χ1) is 28.0.